The summed E-state index contributed by atoms with van der Waals surface area (Å²) in [4.78, 5) is 25.3. The molecule has 0 spiro atoms. The van der Waals surface area contributed by atoms with Crippen LogP contribution in [0.2, 0.25) is 0 Å². The number of aromatic nitrogens is 3. The Balaban J connectivity index is 1.37. The maximum absolute atomic E-state index is 12.8. The molecule has 0 saturated carbocycles. The van der Waals surface area contributed by atoms with Crippen molar-refractivity contribution in [2.75, 3.05) is 36.8 Å². The second-order valence-electron chi connectivity index (χ2n) is 7.95. The molecule has 1 aliphatic heterocycles. The van der Waals surface area contributed by atoms with Gasteiger partial charge in [-0.05, 0) is 17.5 Å². The predicted octanol–water partition coefficient (Wildman–Crippen LogP) is 3.60. The number of aryl methyl sites for hydroxylation is 1. The molecule has 0 bridgehead atoms. The van der Waals surface area contributed by atoms with E-state index < -0.39 is 0 Å². The number of carbonyl (C=O) groups is 1. The number of para-hydroxylation sites is 1. The number of nitriles is 1. The van der Waals surface area contributed by atoms with Crippen molar-refractivity contribution in [3.63, 3.8) is 0 Å². The molecule has 1 fully saturated rings. The number of hydrogen-bond donors (Lipinski definition) is 0. The lowest BCUT2D eigenvalue weighted by Gasteiger charge is -2.34. The quantitative estimate of drug-likeness (QED) is 0.530. The zero-order chi connectivity index (χ0) is 22.7. The number of anilines is 1. The summed E-state index contributed by atoms with van der Waals surface area (Å²) in [5.74, 6) is 1.76. The lowest BCUT2D eigenvalue weighted by Crippen LogP contribution is -2.49. The van der Waals surface area contributed by atoms with Crippen molar-refractivity contribution in [1.29, 1.82) is 5.26 Å². The largest absolute Gasteiger partial charge is 0.424 e. The zero-order valence-electron chi connectivity index (χ0n) is 18.5. The summed E-state index contributed by atoms with van der Waals surface area (Å²) in [6.45, 7) is 8.44. The van der Waals surface area contributed by atoms with Crippen molar-refractivity contribution in [3.8, 4) is 11.8 Å². The number of hydrogen-bond acceptors (Lipinski definition) is 7. The van der Waals surface area contributed by atoms with Crippen molar-refractivity contribution in [2.24, 2.45) is 0 Å². The van der Waals surface area contributed by atoms with Gasteiger partial charge in [-0.2, -0.15) is 5.26 Å². The lowest BCUT2D eigenvalue weighted by atomic mass is 10.0. The Bertz CT molecular complexity index is 1140. The minimum Gasteiger partial charge on any atom is -0.424 e. The van der Waals surface area contributed by atoms with E-state index >= 15 is 0 Å². The minimum absolute atomic E-state index is 0.0793. The van der Waals surface area contributed by atoms with Gasteiger partial charge in [0, 0.05) is 45.5 Å². The molecule has 1 aliphatic rings. The molecule has 8 nitrogen and oxygen atoms in total. The van der Waals surface area contributed by atoms with Crippen molar-refractivity contribution in [3.05, 3.63) is 53.8 Å². The molecule has 0 radical (unpaired) electrons. The molecule has 166 valence electrons. The highest BCUT2D eigenvalue weighted by atomic mass is 32.2. The van der Waals surface area contributed by atoms with E-state index in [1.807, 2.05) is 28.1 Å². The van der Waals surface area contributed by atoms with Gasteiger partial charge in [-0.3, -0.25) is 9.36 Å². The molecule has 32 heavy (non-hydrogen) atoms. The molecule has 1 amide bonds. The Hall–Kier alpha value is -3.25. The fourth-order valence-corrected chi connectivity index (χ4v) is 4.72. The van der Waals surface area contributed by atoms with Crippen molar-refractivity contribution in [2.45, 2.75) is 31.8 Å². The maximum Gasteiger partial charge on any atom is 0.234 e. The summed E-state index contributed by atoms with van der Waals surface area (Å²) in [7, 11) is 0. The standard InChI is InChI=1S/C23H26N6O2S/c1-16(2)18-6-4-5-7-20(18)29-9-8-25-23(29)32-15-21(30)27-10-12-28(13-11-27)22-19(14-24)26-17(3)31-22/h4-9,16H,10-13,15H2,1-3H3. The molecular formula is C23H26N6O2S. The Morgan fingerprint density at radius 2 is 2.00 bits per heavy atom. The number of amides is 1. The number of oxazole rings is 1. The van der Waals surface area contributed by atoms with Gasteiger partial charge in [-0.1, -0.05) is 43.8 Å². The first-order valence-corrected chi connectivity index (χ1v) is 11.6. The smallest absolute Gasteiger partial charge is 0.234 e. The molecule has 1 saturated heterocycles. The summed E-state index contributed by atoms with van der Waals surface area (Å²) in [6.07, 6.45) is 3.72. The molecule has 1 aromatic carbocycles. The van der Waals surface area contributed by atoms with E-state index in [0.717, 1.165) is 10.8 Å². The second kappa shape index (κ2) is 9.49. The predicted molar refractivity (Wildman–Crippen MR) is 123 cm³/mol. The molecule has 2 aromatic heterocycles. The average Bonchev–Trinajstić information content (AvgIpc) is 3.43. The Kier molecular flexibility index (Phi) is 6.51. The second-order valence-corrected chi connectivity index (χ2v) is 8.89. The monoisotopic (exact) mass is 450 g/mol. The van der Waals surface area contributed by atoms with Gasteiger partial charge in [-0.25, -0.2) is 9.97 Å². The number of nitrogens with zero attached hydrogens (tertiary/aromatic N) is 6. The summed E-state index contributed by atoms with van der Waals surface area (Å²) in [6, 6.07) is 10.4. The highest BCUT2D eigenvalue weighted by Crippen LogP contribution is 2.28. The normalized spacial score (nSPS) is 14.1. The van der Waals surface area contributed by atoms with E-state index in [9.17, 15) is 10.1 Å². The number of thioether (sulfide) groups is 1. The van der Waals surface area contributed by atoms with Crippen LogP contribution in [0, 0.1) is 18.3 Å². The number of carbonyl (C=O) groups excluding carboxylic acids is 1. The third-order valence-electron chi connectivity index (χ3n) is 5.49. The highest BCUT2D eigenvalue weighted by molar-refractivity contribution is 7.99. The first-order chi connectivity index (χ1) is 15.5. The number of rotatable bonds is 6. The Morgan fingerprint density at radius 1 is 1.25 bits per heavy atom. The average molecular weight is 451 g/mol. The van der Waals surface area contributed by atoms with Gasteiger partial charge in [-0.15, -0.1) is 0 Å². The first kappa shape index (κ1) is 22.0. The van der Waals surface area contributed by atoms with Gasteiger partial charge in [0.1, 0.15) is 6.07 Å². The highest BCUT2D eigenvalue weighted by Gasteiger charge is 2.26. The van der Waals surface area contributed by atoms with Crippen LogP contribution in [0.15, 0.2) is 46.2 Å². The van der Waals surface area contributed by atoms with Gasteiger partial charge >= 0.3 is 0 Å². The topological polar surface area (TPSA) is 91.2 Å². The van der Waals surface area contributed by atoms with Crippen LogP contribution in [0.25, 0.3) is 5.69 Å². The molecule has 4 rings (SSSR count). The van der Waals surface area contributed by atoms with Crippen LogP contribution < -0.4 is 4.90 Å². The number of benzene rings is 1. The molecule has 9 heteroatoms. The third kappa shape index (κ3) is 4.50. The van der Waals surface area contributed by atoms with Crippen LogP contribution in [0.4, 0.5) is 5.88 Å². The van der Waals surface area contributed by atoms with Gasteiger partial charge < -0.3 is 14.2 Å². The van der Waals surface area contributed by atoms with E-state index in [1.54, 1.807) is 13.1 Å². The number of imidazole rings is 1. The first-order valence-electron chi connectivity index (χ1n) is 10.6. The van der Waals surface area contributed by atoms with Crippen molar-refractivity contribution < 1.29 is 9.21 Å². The van der Waals surface area contributed by atoms with Crippen LogP contribution in [-0.4, -0.2) is 57.3 Å². The van der Waals surface area contributed by atoms with Gasteiger partial charge in [0.15, 0.2) is 11.0 Å². The van der Waals surface area contributed by atoms with Crippen LogP contribution >= 0.6 is 11.8 Å². The minimum atomic E-state index is 0.0793. The summed E-state index contributed by atoms with van der Waals surface area (Å²) in [5.41, 5.74) is 2.64. The van der Waals surface area contributed by atoms with Crippen LogP contribution in [0.1, 0.15) is 36.9 Å². The van der Waals surface area contributed by atoms with Gasteiger partial charge in [0.25, 0.3) is 0 Å². The van der Waals surface area contributed by atoms with E-state index in [0.29, 0.717) is 55.3 Å². The summed E-state index contributed by atoms with van der Waals surface area (Å²) in [5, 5.41) is 10.0. The Morgan fingerprint density at radius 3 is 2.72 bits per heavy atom. The third-order valence-corrected chi connectivity index (χ3v) is 6.44. The van der Waals surface area contributed by atoms with Gasteiger partial charge in [0.2, 0.25) is 17.5 Å². The Labute approximate surface area is 191 Å². The molecule has 0 unspecified atom stereocenters. The van der Waals surface area contributed by atoms with Crippen molar-refractivity contribution in [1.82, 2.24) is 19.4 Å². The fraction of sp³-hybridized carbons (Fsp3) is 0.391. The SMILES string of the molecule is Cc1nc(C#N)c(N2CCN(C(=O)CSc3nccn3-c3ccccc3C(C)C)CC2)o1. The van der Waals surface area contributed by atoms with E-state index in [4.69, 9.17) is 4.42 Å². The van der Waals surface area contributed by atoms with Gasteiger partial charge in [0.05, 0.1) is 11.4 Å². The molecule has 0 atom stereocenters. The molecule has 0 aliphatic carbocycles. The molecule has 3 aromatic rings. The molecule has 0 N–H and O–H groups in total. The van der Waals surface area contributed by atoms with E-state index in [2.05, 4.69) is 46.6 Å². The van der Waals surface area contributed by atoms with E-state index in [1.165, 1.54) is 17.3 Å². The molecule has 3 heterocycles. The maximum atomic E-state index is 12.8. The zero-order valence-corrected chi connectivity index (χ0v) is 19.3. The number of piperazine rings is 1. The fourth-order valence-electron chi connectivity index (χ4n) is 3.86. The van der Waals surface area contributed by atoms with Crippen LogP contribution in [-0.2, 0) is 4.79 Å². The van der Waals surface area contributed by atoms with Crippen LogP contribution in [0.3, 0.4) is 0 Å². The van der Waals surface area contributed by atoms with Crippen molar-refractivity contribution >= 4 is 23.6 Å². The molecular weight excluding hydrogens is 424 g/mol. The lowest BCUT2D eigenvalue weighted by molar-refractivity contribution is -0.128. The summed E-state index contributed by atoms with van der Waals surface area (Å²) < 4.78 is 7.65. The van der Waals surface area contributed by atoms with Crippen LogP contribution in [0.5, 0.6) is 0 Å². The van der Waals surface area contributed by atoms with E-state index in [-0.39, 0.29) is 5.91 Å². The summed E-state index contributed by atoms with van der Waals surface area (Å²) >= 11 is 1.45.